The summed E-state index contributed by atoms with van der Waals surface area (Å²) in [5, 5.41) is 8.51. The minimum Gasteiger partial charge on any atom is -0.482 e. The van der Waals surface area contributed by atoms with Crippen molar-refractivity contribution >= 4 is 38.9 Å². The van der Waals surface area contributed by atoms with Crippen LogP contribution in [0.3, 0.4) is 0 Å². The number of benzene rings is 2. The van der Waals surface area contributed by atoms with Gasteiger partial charge in [0, 0.05) is 17.5 Å². The highest BCUT2D eigenvalue weighted by molar-refractivity contribution is 7.21. The van der Waals surface area contributed by atoms with E-state index in [9.17, 15) is 14.4 Å². The van der Waals surface area contributed by atoms with E-state index >= 15 is 0 Å². The Kier molecular flexibility index (Phi) is 4.59. The molecule has 1 aliphatic heterocycles. The number of ether oxygens (including phenoxy) is 1. The monoisotopic (exact) mass is 432 g/mol. The van der Waals surface area contributed by atoms with E-state index in [0.717, 1.165) is 15.1 Å². The molecule has 0 saturated heterocycles. The molecule has 0 N–H and O–H groups in total. The molecule has 5 rings (SSSR count). The van der Waals surface area contributed by atoms with E-state index in [1.165, 1.54) is 16.2 Å². The first-order valence-electron chi connectivity index (χ1n) is 9.50. The molecule has 2 aromatic heterocycles. The molecule has 0 saturated carbocycles. The quantitative estimate of drug-likeness (QED) is 0.460. The van der Waals surface area contributed by atoms with E-state index in [2.05, 4.69) is 10.3 Å². The van der Waals surface area contributed by atoms with Crippen molar-refractivity contribution in [3.63, 3.8) is 0 Å². The van der Waals surface area contributed by atoms with E-state index < -0.39 is 0 Å². The van der Waals surface area contributed by atoms with Crippen LogP contribution in [0.1, 0.15) is 10.4 Å². The third kappa shape index (κ3) is 3.38. The molecule has 8 nitrogen and oxygen atoms in total. The molecule has 0 spiro atoms. The van der Waals surface area contributed by atoms with Crippen LogP contribution >= 0.6 is 11.3 Å². The van der Waals surface area contributed by atoms with Gasteiger partial charge in [-0.25, -0.2) is 4.68 Å². The number of hydrogen-bond donors (Lipinski definition) is 0. The summed E-state index contributed by atoms with van der Waals surface area (Å²) in [6.45, 7) is -0.289. The average molecular weight is 432 g/mol. The number of carbonyl (C=O) groups is 2. The maximum Gasteiger partial charge on any atom is 0.278 e. The molecule has 0 aliphatic carbocycles. The van der Waals surface area contributed by atoms with Crippen molar-refractivity contribution in [1.82, 2.24) is 15.0 Å². The number of ketones is 1. The van der Waals surface area contributed by atoms with Gasteiger partial charge in [-0.2, -0.15) is 0 Å². The Balaban J connectivity index is 1.45. The Hall–Kier alpha value is -3.85. The molecule has 1 amide bonds. The molecule has 3 heterocycles. The maximum atomic E-state index is 12.9. The zero-order valence-electron chi connectivity index (χ0n) is 16.4. The predicted molar refractivity (Wildman–Crippen MR) is 117 cm³/mol. The van der Waals surface area contributed by atoms with Crippen LogP contribution in [0.4, 0.5) is 5.69 Å². The minimum atomic E-state index is -0.370. The largest absolute Gasteiger partial charge is 0.482 e. The molecule has 0 fully saturated rings. The van der Waals surface area contributed by atoms with E-state index in [1.807, 2.05) is 30.3 Å². The average Bonchev–Trinajstić information content (AvgIpc) is 3.24. The van der Waals surface area contributed by atoms with Crippen LogP contribution in [0.25, 0.3) is 20.7 Å². The van der Waals surface area contributed by atoms with Crippen molar-refractivity contribution < 1.29 is 14.3 Å². The summed E-state index contributed by atoms with van der Waals surface area (Å²) in [5.41, 5.74) is 1.49. The summed E-state index contributed by atoms with van der Waals surface area (Å²) in [5.74, 6) is 0.0172. The maximum absolute atomic E-state index is 12.9. The fourth-order valence-electron chi connectivity index (χ4n) is 3.40. The van der Waals surface area contributed by atoms with Gasteiger partial charge >= 0.3 is 0 Å². The standard InChI is InChI=1S/C22H16N4O4S/c1-25-16-9-14(7-8-18(16)30-12-20(25)28)17(27)11-26-22(29)15-10-19(31-21(15)23-24-26)13-5-3-2-4-6-13/h2-10H,11-12H2,1H3. The minimum absolute atomic E-state index is 0.0343. The van der Waals surface area contributed by atoms with Crippen molar-refractivity contribution in [3.05, 3.63) is 70.5 Å². The lowest BCUT2D eigenvalue weighted by Crippen LogP contribution is -2.35. The third-order valence-corrected chi connectivity index (χ3v) is 6.21. The Labute approximate surface area is 180 Å². The predicted octanol–water partition coefficient (Wildman–Crippen LogP) is 2.76. The Bertz CT molecular complexity index is 1390. The second kappa shape index (κ2) is 7.44. The van der Waals surface area contributed by atoms with Crippen LogP contribution in [-0.2, 0) is 11.3 Å². The zero-order valence-corrected chi connectivity index (χ0v) is 17.3. The summed E-state index contributed by atoms with van der Waals surface area (Å²) in [6.07, 6.45) is 0. The van der Waals surface area contributed by atoms with E-state index in [0.29, 0.717) is 27.2 Å². The van der Waals surface area contributed by atoms with Gasteiger partial charge < -0.3 is 9.64 Å². The number of carbonyl (C=O) groups excluding carboxylic acids is 2. The van der Waals surface area contributed by atoms with Gasteiger partial charge in [-0.1, -0.05) is 35.5 Å². The third-order valence-electron chi connectivity index (χ3n) is 5.14. The van der Waals surface area contributed by atoms with Crippen molar-refractivity contribution in [2.45, 2.75) is 6.54 Å². The van der Waals surface area contributed by atoms with Gasteiger partial charge in [-0.15, -0.1) is 16.4 Å². The molecular formula is C22H16N4O4S. The van der Waals surface area contributed by atoms with Crippen LogP contribution in [0.2, 0.25) is 0 Å². The van der Waals surface area contributed by atoms with Crippen LogP contribution in [0.5, 0.6) is 5.75 Å². The lowest BCUT2D eigenvalue weighted by atomic mass is 10.1. The first-order chi connectivity index (χ1) is 15.0. The van der Waals surface area contributed by atoms with Gasteiger partial charge in [0.2, 0.25) is 0 Å². The van der Waals surface area contributed by atoms with Crippen LogP contribution in [0, 0.1) is 0 Å². The second-order valence-corrected chi connectivity index (χ2v) is 8.13. The normalized spacial score (nSPS) is 13.2. The summed E-state index contributed by atoms with van der Waals surface area (Å²) >= 11 is 1.38. The Morgan fingerprint density at radius 3 is 2.74 bits per heavy atom. The van der Waals surface area contributed by atoms with E-state index in [-0.39, 0.29) is 30.4 Å². The van der Waals surface area contributed by atoms with Gasteiger partial charge in [0.1, 0.15) is 12.3 Å². The van der Waals surface area contributed by atoms with Gasteiger partial charge in [-0.05, 0) is 29.8 Å². The highest BCUT2D eigenvalue weighted by Gasteiger charge is 2.24. The molecule has 0 bridgehead atoms. The summed E-state index contributed by atoms with van der Waals surface area (Å²) in [4.78, 5) is 40.5. The van der Waals surface area contributed by atoms with Crippen LogP contribution < -0.4 is 15.2 Å². The van der Waals surface area contributed by atoms with Gasteiger partial charge in [0.15, 0.2) is 17.2 Å². The lowest BCUT2D eigenvalue weighted by Gasteiger charge is -2.26. The first-order valence-corrected chi connectivity index (χ1v) is 10.3. The van der Waals surface area contributed by atoms with Gasteiger partial charge in [0.05, 0.1) is 11.1 Å². The fraction of sp³-hybridized carbons (Fsp3) is 0.136. The number of fused-ring (bicyclic) bond motifs is 2. The van der Waals surface area contributed by atoms with Crippen LogP contribution in [0.15, 0.2) is 59.4 Å². The molecule has 1 aliphatic rings. The van der Waals surface area contributed by atoms with Crippen LogP contribution in [-0.4, -0.2) is 40.3 Å². The SMILES string of the molecule is CN1C(=O)COc2ccc(C(=O)Cn3nnc4sc(-c5ccccc5)cc4c3=O)cc21. The summed E-state index contributed by atoms with van der Waals surface area (Å²) in [7, 11) is 1.63. The number of Topliss-reactive ketones (excluding diaryl/α,β-unsaturated/α-hetero) is 1. The molecule has 154 valence electrons. The van der Waals surface area contributed by atoms with E-state index in [4.69, 9.17) is 4.74 Å². The molecule has 2 aromatic carbocycles. The molecule has 0 atom stereocenters. The smallest absolute Gasteiger partial charge is 0.278 e. The Morgan fingerprint density at radius 2 is 1.94 bits per heavy atom. The highest BCUT2D eigenvalue weighted by atomic mass is 32.1. The topological polar surface area (TPSA) is 94.4 Å². The van der Waals surface area contributed by atoms with Crippen molar-refractivity contribution in [2.75, 3.05) is 18.6 Å². The van der Waals surface area contributed by atoms with Gasteiger partial charge in [0.25, 0.3) is 11.5 Å². The molecule has 31 heavy (non-hydrogen) atoms. The molecule has 0 radical (unpaired) electrons. The van der Waals surface area contributed by atoms with Crippen molar-refractivity contribution in [2.24, 2.45) is 0 Å². The molecule has 4 aromatic rings. The number of aromatic nitrogens is 3. The zero-order chi connectivity index (χ0) is 21.5. The number of thiophene rings is 1. The highest BCUT2D eigenvalue weighted by Crippen LogP contribution is 2.32. The number of amides is 1. The summed E-state index contributed by atoms with van der Waals surface area (Å²) in [6, 6.07) is 16.3. The summed E-state index contributed by atoms with van der Waals surface area (Å²) < 4.78 is 6.45. The number of rotatable bonds is 4. The molecule has 9 heteroatoms. The van der Waals surface area contributed by atoms with E-state index in [1.54, 1.807) is 31.3 Å². The van der Waals surface area contributed by atoms with Gasteiger partial charge in [-0.3, -0.25) is 14.4 Å². The molecule has 0 unspecified atom stereocenters. The number of anilines is 1. The Morgan fingerprint density at radius 1 is 1.13 bits per heavy atom. The number of likely N-dealkylation sites (N-methyl/N-ethyl adjacent to an activating group) is 1. The number of hydrogen-bond acceptors (Lipinski definition) is 7. The molecular weight excluding hydrogens is 416 g/mol. The first kappa shape index (κ1) is 19.1. The lowest BCUT2D eigenvalue weighted by molar-refractivity contribution is -0.120. The van der Waals surface area contributed by atoms with Crippen molar-refractivity contribution in [1.29, 1.82) is 0 Å². The second-order valence-electron chi connectivity index (χ2n) is 7.09. The van der Waals surface area contributed by atoms with Crippen molar-refractivity contribution in [3.8, 4) is 16.2 Å². The fourth-order valence-corrected chi connectivity index (χ4v) is 4.38. The number of nitrogens with zero attached hydrogens (tertiary/aromatic N) is 4.